The fourth-order valence-corrected chi connectivity index (χ4v) is 5.99. The van der Waals surface area contributed by atoms with Gasteiger partial charge in [-0.3, -0.25) is 0 Å². The highest BCUT2D eigenvalue weighted by Crippen LogP contribution is 2.41. The number of ether oxygens (including phenoxy) is 2. The van der Waals surface area contributed by atoms with Crippen LogP contribution in [0.1, 0.15) is 65.1 Å². The summed E-state index contributed by atoms with van der Waals surface area (Å²) in [6.45, 7) is 6.25. The Labute approximate surface area is 255 Å². The maximum atomic E-state index is 11.5. The molecule has 5 rings (SSSR count). The van der Waals surface area contributed by atoms with E-state index in [0.717, 1.165) is 61.4 Å². The summed E-state index contributed by atoms with van der Waals surface area (Å²) in [7, 11) is 2.11. The Balaban J connectivity index is 1.43. The van der Waals surface area contributed by atoms with Crippen LogP contribution in [0.4, 0.5) is 0 Å². The molecule has 43 heavy (non-hydrogen) atoms. The molecule has 0 radical (unpaired) electrons. The normalized spacial score (nSPS) is 12.2. The molecule has 1 aliphatic carbocycles. The van der Waals surface area contributed by atoms with Crippen LogP contribution in [-0.2, 0) is 37.4 Å². The van der Waals surface area contributed by atoms with Gasteiger partial charge in [0.25, 0.3) is 0 Å². The summed E-state index contributed by atoms with van der Waals surface area (Å²) < 4.78 is 13.1. The van der Waals surface area contributed by atoms with Gasteiger partial charge in [0.2, 0.25) is 0 Å². The summed E-state index contributed by atoms with van der Waals surface area (Å²) in [5.74, 6) is 1.94. The average Bonchev–Trinajstić information content (AvgIpc) is 3.51. The number of hydrogen-bond donors (Lipinski definition) is 0. The first-order valence-corrected chi connectivity index (χ1v) is 15.2. The maximum Gasteiger partial charge on any atom is 0.129 e. The average molecular weight is 573 g/mol. The Morgan fingerprint density at radius 1 is 0.907 bits per heavy atom. The number of nitriles is 1. The summed E-state index contributed by atoms with van der Waals surface area (Å²) in [6, 6.07) is 28.7. The van der Waals surface area contributed by atoms with E-state index >= 15 is 0 Å². The van der Waals surface area contributed by atoms with Crippen molar-refractivity contribution in [1.29, 1.82) is 5.26 Å². The van der Waals surface area contributed by atoms with Gasteiger partial charge in [-0.05, 0) is 104 Å². The lowest BCUT2D eigenvalue weighted by atomic mass is 9.97. The molecule has 4 aromatic carbocycles. The minimum absolute atomic E-state index is 0.226. The molecule has 220 valence electrons. The molecule has 0 N–H and O–H groups in total. The molecule has 0 unspecified atom stereocenters. The zero-order valence-electron chi connectivity index (χ0n) is 25.5. The molecule has 0 heterocycles. The Kier molecular flexibility index (Phi) is 9.92. The maximum absolute atomic E-state index is 11.5. The third-order valence-corrected chi connectivity index (χ3v) is 8.30. The highest BCUT2D eigenvalue weighted by molar-refractivity contribution is 5.75. The molecule has 0 amide bonds. The molecule has 0 bridgehead atoms. The second-order valence-corrected chi connectivity index (χ2v) is 11.6. The van der Waals surface area contributed by atoms with Crippen molar-refractivity contribution in [2.75, 3.05) is 13.6 Å². The summed E-state index contributed by atoms with van der Waals surface area (Å²) in [5.41, 5.74) is 10.2. The molecule has 0 fully saturated rings. The largest absolute Gasteiger partial charge is 0.488 e. The van der Waals surface area contributed by atoms with E-state index in [1.54, 1.807) is 13.0 Å². The first kappa shape index (κ1) is 30.1. The molecule has 0 saturated heterocycles. The topological polar surface area (TPSA) is 62.6 Å². The molecule has 0 aromatic heterocycles. The van der Waals surface area contributed by atoms with Gasteiger partial charge in [-0.25, -0.2) is 0 Å². The lowest BCUT2D eigenvalue weighted by molar-refractivity contribution is -0.117. The van der Waals surface area contributed by atoms with Crippen LogP contribution in [0.25, 0.3) is 11.1 Å². The van der Waals surface area contributed by atoms with Crippen LogP contribution in [0.5, 0.6) is 11.5 Å². The number of rotatable bonds is 13. The van der Waals surface area contributed by atoms with E-state index in [1.165, 1.54) is 33.4 Å². The number of fused-ring (bicyclic) bond motifs is 1. The molecule has 0 saturated carbocycles. The predicted molar refractivity (Wildman–Crippen MR) is 171 cm³/mol. The number of hydrogen-bond acceptors (Lipinski definition) is 5. The third-order valence-electron chi connectivity index (χ3n) is 8.30. The van der Waals surface area contributed by atoms with Gasteiger partial charge in [0.15, 0.2) is 0 Å². The lowest BCUT2D eigenvalue weighted by Gasteiger charge is -2.23. The third kappa shape index (κ3) is 7.52. The van der Waals surface area contributed by atoms with Crippen molar-refractivity contribution in [2.45, 2.75) is 65.7 Å². The van der Waals surface area contributed by atoms with Crippen molar-refractivity contribution in [3.63, 3.8) is 0 Å². The quantitative estimate of drug-likeness (QED) is 0.163. The number of ketones is 1. The number of nitrogens with zero attached hydrogens (tertiary/aromatic N) is 2. The van der Waals surface area contributed by atoms with Gasteiger partial charge in [-0.2, -0.15) is 5.26 Å². The SMILES string of the molecule is CC(=O)CCCN(C)Cc1c(OCc2cccc(C#N)c2)cc(OCc2cccc(-c3ccccc3)c2C)c2c1CCC2. The zero-order chi connectivity index (χ0) is 30.2. The van der Waals surface area contributed by atoms with E-state index < -0.39 is 0 Å². The summed E-state index contributed by atoms with van der Waals surface area (Å²) in [6.07, 6.45) is 4.50. The predicted octanol–water partition coefficient (Wildman–Crippen LogP) is 7.98. The summed E-state index contributed by atoms with van der Waals surface area (Å²) >= 11 is 0. The fourth-order valence-electron chi connectivity index (χ4n) is 5.99. The van der Waals surface area contributed by atoms with Crippen molar-refractivity contribution >= 4 is 5.78 Å². The Bertz CT molecular complexity index is 1620. The van der Waals surface area contributed by atoms with Crippen LogP contribution in [-0.4, -0.2) is 24.3 Å². The van der Waals surface area contributed by atoms with Crippen molar-refractivity contribution in [1.82, 2.24) is 4.90 Å². The number of carbonyl (C=O) groups excluding carboxylic acids is 1. The van der Waals surface area contributed by atoms with Crippen LogP contribution in [0.15, 0.2) is 78.9 Å². The molecule has 0 spiro atoms. The second-order valence-electron chi connectivity index (χ2n) is 11.6. The molecule has 0 aliphatic heterocycles. The Morgan fingerprint density at radius 3 is 2.47 bits per heavy atom. The summed E-state index contributed by atoms with van der Waals surface area (Å²) in [5, 5.41) is 9.36. The zero-order valence-corrected chi connectivity index (χ0v) is 25.5. The highest BCUT2D eigenvalue weighted by atomic mass is 16.5. The monoisotopic (exact) mass is 572 g/mol. The van der Waals surface area contributed by atoms with Crippen molar-refractivity contribution in [3.05, 3.63) is 118 Å². The van der Waals surface area contributed by atoms with Gasteiger partial charge in [-0.1, -0.05) is 60.7 Å². The first-order chi connectivity index (χ1) is 20.9. The van der Waals surface area contributed by atoms with Crippen LogP contribution < -0.4 is 9.47 Å². The highest BCUT2D eigenvalue weighted by Gasteiger charge is 2.25. The number of Topliss-reactive ketones (excluding diaryl/α,β-unsaturated/α-hetero) is 1. The molecular weight excluding hydrogens is 532 g/mol. The van der Waals surface area contributed by atoms with Gasteiger partial charge < -0.3 is 19.2 Å². The van der Waals surface area contributed by atoms with Gasteiger partial charge in [0, 0.05) is 24.6 Å². The summed E-state index contributed by atoms with van der Waals surface area (Å²) in [4.78, 5) is 13.8. The van der Waals surface area contributed by atoms with E-state index in [1.807, 2.05) is 24.3 Å². The van der Waals surface area contributed by atoms with Gasteiger partial charge >= 0.3 is 0 Å². The van der Waals surface area contributed by atoms with Gasteiger partial charge in [0.05, 0.1) is 11.6 Å². The van der Waals surface area contributed by atoms with E-state index in [9.17, 15) is 10.1 Å². The van der Waals surface area contributed by atoms with Crippen molar-refractivity contribution in [2.24, 2.45) is 0 Å². The van der Waals surface area contributed by atoms with Crippen LogP contribution in [0.2, 0.25) is 0 Å². The smallest absolute Gasteiger partial charge is 0.129 e. The first-order valence-electron chi connectivity index (χ1n) is 15.2. The van der Waals surface area contributed by atoms with Crippen molar-refractivity contribution in [3.8, 4) is 28.7 Å². The van der Waals surface area contributed by atoms with Crippen LogP contribution in [0.3, 0.4) is 0 Å². The minimum Gasteiger partial charge on any atom is -0.488 e. The van der Waals surface area contributed by atoms with Gasteiger partial charge in [0.1, 0.15) is 30.5 Å². The molecular formula is C38H40N2O3. The van der Waals surface area contributed by atoms with Crippen LogP contribution in [0, 0.1) is 18.3 Å². The molecule has 0 atom stereocenters. The fraction of sp³-hybridized carbons (Fsp3) is 0.316. The van der Waals surface area contributed by atoms with E-state index in [-0.39, 0.29) is 5.78 Å². The van der Waals surface area contributed by atoms with E-state index in [4.69, 9.17) is 9.47 Å². The van der Waals surface area contributed by atoms with E-state index in [2.05, 4.69) is 73.5 Å². The van der Waals surface area contributed by atoms with E-state index in [0.29, 0.717) is 25.2 Å². The molecule has 5 heteroatoms. The number of benzene rings is 4. The molecule has 5 nitrogen and oxygen atoms in total. The standard InChI is InChI=1S/C38H40N2O3/c1-27(41)11-10-20-40(3)24-36-34-18-9-19-35(34)37(22-38(36)42-25-30-13-7-12-29(21-30)23-39)43-26-32-16-8-17-33(28(32)2)31-14-5-4-6-15-31/h4-8,12-17,21-22H,9-11,18-20,24-26H2,1-3H3. The number of carbonyl (C=O) groups is 1. The molecule has 1 aliphatic rings. The Hall–Kier alpha value is -4.40. The lowest BCUT2D eigenvalue weighted by Crippen LogP contribution is -2.21. The molecule has 4 aromatic rings. The van der Waals surface area contributed by atoms with Gasteiger partial charge in [-0.15, -0.1) is 0 Å². The van der Waals surface area contributed by atoms with Crippen LogP contribution >= 0.6 is 0 Å². The minimum atomic E-state index is 0.226. The second kappa shape index (κ2) is 14.2. The van der Waals surface area contributed by atoms with Crippen molar-refractivity contribution < 1.29 is 14.3 Å². The Morgan fingerprint density at radius 2 is 1.67 bits per heavy atom.